The van der Waals surface area contributed by atoms with Gasteiger partial charge in [-0.15, -0.1) is 0 Å². The highest BCUT2D eigenvalue weighted by Crippen LogP contribution is 2.20. The van der Waals surface area contributed by atoms with Crippen molar-refractivity contribution in [3.63, 3.8) is 0 Å². The first-order valence-electron chi connectivity index (χ1n) is 7.01. The predicted octanol–water partition coefficient (Wildman–Crippen LogP) is 2.14. The van der Waals surface area contributed by atoms with Crippen LogP contribution in [0.25, 0.3) is 0 Å². The molecule has 20 heavy (non-hydrogen) atoms. The molecular formula is C15H22N2O3. The van der Waals surface area contributed by atoms with E-state index in [2.05, 4.69) is 22.8 Å². The Morgan fingerprint density at radius 1 is 1.50 bits per heavy atom. The lowest BCUT2D eigenvalue weighted by atomic mass is 9.94. The Bertz CT molecular complexity index is 452. The van der Waals surface area contributed by atoms with Gasteiger partial charge in [0.2, 0.25) is 0 Å². The summed E-state index contributed by atoms with van der Waals surface area (Å²) in [6.45, 7) is 2.38. The molecule has 5 nitrogen and oxygen atoms in total. The molecule has 2 unspecified atom stereocenters. The van der Waals surface area contributed by atoms with Gasteiger partial charge >= 0.3 is 6.03 Å². The third-order valence-corrected chi connectivity index (χ3v) is 3.57. The zero-order valence-electron chi connectivity index (χ0n) is 11.8. The largest absolute Gasteiger partial charge is 0.466 e. The van der Waals surface area contributed by atoms with E-state index >= 15 is 0 Å². The van der Waals surface area contributed by atoms with Crippen LogP contribution < -0.4 is 10.6 Å². The Hall–Kier alpha value is -1.75. The highest BCUT2D eigenvalue weighted by atomic mass is 16.4. The smallest absolute Gasteiger partial charge is 0.314 e. The molecular weight excluding hydrogens is 256 g/mol. The number of amides is 2. The molecule has 0 fully saturated rings. The first kappa shape index (κ1) is 14.7. The van der Waals surface area contributed by atoms with Gasteiger partial charge in [-0.05, 0) is 44.2 Å². The minimum absolute atomic E-state index is 0.108. The van der Waals surface area contributed by atoms with Crippen molar-refractivity contribution in [1.82, 2.24) is 10.6 Å². The molecule has 0 saturated heterocycles. The third kappa shape index (κ3) is 4.13. The average Bonchev–Trinajstić information content (AvgIpc) is 2.99. The quantitative estimate of drug-likeness (QED) is 0.722. The summed E-state index contributed by atoms with van der Waals surface area (Å²) in [6.07, 6.45) is 9.06. The summed E-state index contributed by atoms with van der Waals surface area (Å²) in [5, 5.41) is 15.7. The number of hydrogen-bond acceptors (Lipinski definition) is 3. The topological polar surface area (TPSA) is 74.5 Å². The van der Waals surface area contributed by atoms with Crippen molar-refractivity contribution in [2.45, 2.75) is 31.8 Å². The first-order chi connectivity index (χ1) is 9.58. The van der Waals surface area contributed by atoms with E-state index in [0.717, 1.165) is 19.3 Å². The van der Waals surface area contributed by atoms with Crippen LogP contribution in [0.3, 0.4) is 0 Å². The highest BCUT2D eigenvalue weighted by Gasteiger charge is 2.26. The van der Waals surface area contributed by atoms with Crippen molar-refractivity contribution < 1.29 is 14.3 Å². The summed E-state index contributed by atoms with van der Waals surface area (Å²) < 4.78 is 5.16. The maximum absolute atomic E-state index is 11.7. The lowest BCUT2D eigenvalue weighted by Crippen LogP contribution is -2.44. The molecule has 2 rings (SSSR count). The summed E-state index contributed by atoms with van der Waals surface area (Å²) in [7, 11) is 0. The number of carbonyl (C=O) groups is 1. The molecule has 1 aliphatic rings. The minimum atomic E-state index is -1.20. The van der Waals surface area contributed by atoms with Gasteiger partial charge in [-0.2, -0.15) is 0 Å². The molecule has 3 N–H and O–H groups in total. The zero-order chi connectivity index (χ0) is 14.4. The zero-order valence-corrected chi connectivity index (χ0v) is 11.8. The van der Waals surface area contributed by atoms with Crippen LogP contribution in [0.5, 0.6) is 0 Å². The van der Waals surface area contributed by atoms with E-state index in [-0.39, 0.29) is 12.6 Å². The van der Waals surface area contributed by atoms with Crippen LogP contribution in [0.4, 0.5) is 4.79 Å². The summed E-state index contributed by atoms with van der Waals surface area (Å²) in [5.41, 5.74) is -1.20. The number of nitrogens with one attached hydrogen (secondary N) is 2. The SMILES string of the molecule is CC(O)(CNC(=O)NCC1CC=CCC1)c1ccco1. The standard InChI is InChI=1S/C15H22N2O3/c1-15(19,13-8-5-9-20-13)11-17-14(18)16-10-12-6-3-2-4-7-12/h2-3,5,8-9,12,19H,4,6-7,10-11H2,1H3,(H2,16,17,18). The number of hydrogen-bond donors (Lipinski definition) is 3. The van der Waals surface area contributed by atoms with Gasteiger partial charge in [-0.3, -0.25) is 0 Å². The van der Waals surface area contributed by atoms with Crippen LogP contribution in [-0.2, 0) is 5.60 Å². The van der Waals surface area contributed by atoms with Crippen LogP contribution in [-0.4, -0.2) is 24.2 Å². The Balaban J connectivity index is 1.71. The summed E-state index contributed by atoms with van der Waals surface area (Å²) in [4.78, 5) is 11.7. The van der Waals surface area contributed by atoms with E-state index < -0.39 is 5.60 Å². The molecule has 2 amide bonds. The molecule has 1 aromatic heterocycles. The second kappa shape index (κ2) is 6.61. The Morgan fingerprint density at radius 3 is 3.00 bits per heavy atom. The molecule has 1 heterocycles. The molecule has 1 aliphatic carbocycles. The Kier molecular flexibility index (Phi) is 4.84. The number of aliphatic hydroxyl groups is 1. The van der Waals surface area contributed by atoms with Crippen LogP contribution in [0.2, 0.25) is 0 Å². The second-order valence-electron chi connectivity index (χ2n) is 5.47. The molecule has 1 aromatic rings. The van der Waals surface area contributed by atoms with Gasteiger partial charge in [-0.25, -0.2) is 4.79 Å². The van der Waals surface area contributed by atoms with Gasteiger partial charge in [0.05, 0.1) is 12.8 Å². The second-order valence-corrected chi connectivity index (χ2v) is 5.47. The van der Waals surface area contributed by atoms with Gasteiger partial charge in [0.25, 0.3) is 0 Å². The van der Waals surface area contributed by atoms with E-state index in [4.69, 9.17) is 4.42 Å². The van der Waals surface area contributed by atoms with Gasteiger partial charge in [0.1, 0.15) is 11.4 Å². The van der Waals surface area contributed by atoms with Crippen LogP contribution in [0.1, 0.15) is 31.9 Å². The summed E-state index contributed by atoms with van der Waals surface area (Å²) in [5.74, 6) is 0.951. The van der Waals surface area contributed by atoms with Gasteiger partial charge in [0, 0.05) is 6.54 Å². The number of allylic oxidation sites excluding steroid dienone is 2. The predicted molar refractivity (Wildman–Crippen MR) is 76.2 cm³/mol. The number of carbonyl (C=O) groups excluding carboxylic acids is 1. The van der Waals surface area contributed by atoms with E-state index in [1.807, 2.05) is 0 Å². The maximum atomic E-state index is 11.7. The molecule has 5 heteroatoms. The van der Waals surface area contributed by atoms with Crippen LogP contribution in [0, 0.1) is 5.92 Å². The van der Waals surface area contributed by atoms with Gasteiger partial charge in [0.15, 0.2) is 0 Å². The van der Waals surface area contributed by atoms with E-state index in [1.165, 1.54) is 6.26 Å². The monoisotopic (exact) mass is 278 g/mol. The molecule has 0 aromatic carbocycles. The molecule has 2 atom stereocenters. The van der Waals surface area contributed by atoms with Crippen molar-refractivity contribution in [3.8, 4) is 0 Å². The number of urea groups is 1. The average molecular weight is 278 g/mol. The Morgan fingerprint density at radius 2 is 2.35 bits per heavy atom. The van der Waals surface area contributed by atoms with Crippen molar-refractivity contribution in [3.05, 3.63) is 36.3 Å². The molecule has 0 aliphatic heterocycles. The Labute approximate surface area is 119 Å². The number of furan rings is 1. The third-order valence-electron chi connectivity index (χ3n) is 3.57. The van der Waals surface area contributed by atoms with E-state index in [0.29, 0.717) is 18.2 Å². The van der Waals surface area contributed by atoms with Crippen LogP contribution >= 0.6 is 0 Å². The highest BCUT2D eigenvalue weighted by molar-refractivity contribution is 5.73. The lowest BCUT2D eigenvalue weighted by Gasteiger charge is -2.22. The van der Waals surface area contributed by atoms with Crippen molar-refractivity contribution in [2.24, 2.45) is 5.92 Å². The molecule has 0 saturated carbocycles. The molecule has 0 bridgehead atoms. The maximum Gasteiger partial charge on any atom is 0.314 e. The van der Waals surface area contributed by atoms with Crippen LogP contribution in [0.15, 0.2) is 35.0 Å². The fraction of sp³-hybridized carbons (Fsp3) is 0.533. The van der Waals surface area contributed by atoms with Crippen molar-refractivity contribution in [2.75, 3.05) is 13.1 Å². The molecule has 110 valence electrons. The van der Waals surface area contributed by atoms with E-state index in [1.54, 1.807) is 19.1 Å². The normalized spacial score (nSPS) is 21.2. The minimum Gasteiger partial charge on any atom is -0.466 e. The fourth-order valence-electron chi connectivity index (χ4n) is 2.27. The van der Waals surface area contributed by atoms with E-state index in [9.17, 15) is 9.90 Å². The van der Waals surface area contributed by atoms with Crippen molar-refractivity contribution >= 4 is 6.03 Å². The molecule has 0 radical (unpaired) electrons. The van der Waals surface area contributed by atoms with Crippen molar-refractivity contribution in [1.29, 1.82) is 0 Å². The van der Waals surface area contributed by atoms with Gasteiger partial charge < -0.3 is 20.2 Å². The summed E-state index contributed by atoms with van der Waals surface area (Å²) in [6, 6.07) is 3.14. The lowest BCUT2D eigenvalue weighted by molar-refractivity contribution is 0.0367. The summed E-state index contributed by atoms with van der Waals surface area (Å²) >= 11 is 0. The number of rotatable bonds is 5. The molecule has 0 spiro atoms. The van der Waals surface area contributed by atoms with Gasteiger partial charge in [-0.1, -0.05) is 12.2 Å². The fourth-order valence-corrected chi connectivity index (χ4v) is 2.27. The first-order valence-corrected chi connectivity index (χ1v) is 7.01.